The Balaban J connectivity index is 2.67. The third-order valence-electron chi connectivity index (χ3n) is 2.14. The van der Waals surface area contributed by atoms with Crippen molar-refractivity contribution in [2.45, 2.75) is 0 Å². The van der Waals surface area contributed by atoms with Crippen molar-refractivity contribution in [2.24, 2.45) is 5.73 Å². The smallest absolute Gasteiger partial charge is 0.337 e. The molecule has 0 spiro atoms. The zero-order chi connectivity index (χ0) is 14.4. The molecular formula is C11H14ClN3O4. The molecule has 7 nitrogen and oxygen atoms in total. The predicted molar refractivity (Wildman–Crippen MR) is 71.3 cm³/mol. The largest absolute Gasteiger partial charge is 0.478 e. The molecule has 104 valence electrons. The molecule has 0 fully saturated rings. The van der Waals surface area contributed by atoms with E-state index in [1.54, 1.807) is 0 Å². The van der Waals surface area contributed by atoms with Crippen LogP contribution >= 0.6 is 11.6 Å². The van der Waals surface area contributed by atoms with E-state index in [1.807, 2.05) is 0 Å². The summed E-state index contributed by atoms with van der Waals surface area (Å²) in [5.74, 6) is -1.72. The number of amides is 1. The van der Waals surface area contributed by atoms with Gasteiger partial charge >= 0.3 is 5.97 Å². The Bertz CT molecular complexity index is 493. The van der Waals surface area contributed by atoms with E-state index >= 15 is 0 Å². The first kappa shape index (κ1) is 15.1. The van der Waals surface area contributed by atoms with Gasteiger partial charge in [-0.1, -0.05) is 11.6 Å². The van der Waals surface area contributed by atoms with E-state index in [0.29, 0.717) is 0 Å². The van der Waals surface area contributed by atoms with Crippen LogP contribution in [0.3, 0.4) is 0 Å². The Kier molecular flexibility index (Phi) is 5.40. The van der Waals surface area contributed by atoms with Crippen LogP contribution in [0.5, 0.6) is 0 Å². The number of benzene rings is 1. The van der Waals surface area contributed by atoms with Gasteiger partial charge in [-0.2, -0.15) is 0 Å². The normalized spacial score (nSPS) is 10.2. The standard InChI is InChI=1S/C11H14ClN3O4/c12-8-4-6(13)3-7(11(17)18)10(8)15-1-2-19-5-9(14)16/h3-4,15H,1-2,5,13H2,(H2,14,16)(H,17,18). The number of primary amides is 1. The number of ether oxygens (including phenoxy) is 1. The predicted octanol–water partition coefficient (Wildman–Crippen LogP) is 0.534. The topological polar surface area (TPSA) is 128 Å². The highest BCUT2D eigenvalue weighted by atomic mass is 35.5. The van der Waals surface area contributed by atoms with Crippen LogP contribution in [0, 0.1) is 0 Å². The number of carbonyl (C=O) groups is 2. The zero-order valence-electron chi connectivity index (χ0n) is 9.98. The lowest BCUT2D eigenvalue weighted by Gasteiger charge is -2.12. The minimum atomic E-state index is -1.14. The van der Waals surface area contributed by atoms with E-state index in [-0.39, 0.29) is 41.7 Å². The molecule has 0 aromatic heterocycles. The molecule has 0 bridgehead atoms. The van der Waals surface area contributed by atoms with E-state index in [2.05, 4.69) is 5.32 Å². The molecule has 0 saturated carbocycles. The quantitative estimate of drug-likeness (QED) is 0.428. The van der Waals surface area contributed by atoms with Crippen molar-refractivity contribution in [3.05, 3.63) is 22.7 Å². The summed E-state index contributed by atoms with van der Waals surface area (Å²) in [6.07, 6.45) is 0. The minimum absolute atomic E-state index is 0.0279. The van der Waals surface area contributed by atoms with Crippen molar-refractivity contribution < 1.29 is 19.4 Å². The van der Waals surface area contributed by atoms with E-state index in [0.717, 1.165) is 0 Å². The number of carboxylic acids is 1. The molecule has 0 aliphatic rings. The van der Waals surface area contributed by atoms with Gasteiger partial charge in [0.1, 0.15) is 6.61 Å². The summed E-state index contributed by atoms with van der Waals surface area (Å²) in [5.41, 5.74) is 10.9. The highest BCUT2D eigenvalue weighted by Crippen LogP contribution is 2.29. The van der Waals surface area contributed by atoms with Gasteiger partial charge in [0.25, 0.3) is 0 Å². The van der Waals surface area contributed by atoms with Crippen molar-refractivity contribution in [2.75, 3.05) is 30.8 Å². The molecule has 0 heterocycles. The van der Waals surface area contributed by atoms with Gasteiger partial charge in [0.15, 0.2) is 0 Å². The van der Waals surface area contributed by atoms with Crippen molar-refractivity contribution in [1.82, 2.24) is 0 Å². The second kappa shape index (κ2) is 6.81. The lowest BCUT2D eigenvalue weighted by molar-refractivity contribution is -0.122. The monoisotopic (exact) mass is 287 g/mol. The molecule has 0 aliphatic heterocycles. The summed E-state index contributed by atoms with van der Waals surface area (Å²) >= 11 is 5.92. The highest BCUT2D eigenvalue weighted by molar-refractivity contribution is 6.34. The summed E-state index contributed by atoms with van der Waals surface area (Å²) in [7, 11) is 0. The molecule has 0 atom stereocenters. The first-order valence-corrected chi connectivity index (χ1v) is 5.72. The summed E-state index contributed by atoms with van der Waals surface area (Å²) in [5, 5.41) is 12.1. The Morgan fingerprint density at radius 2 is 2.11 bits per heavy atom. The Hall–Kier alpha value is -1.99. The number of nitrogen functional groups attached to an aromatic ring is 1. The van der Waals surface area contributed by atoms with Gasteiger partial charge in [0.05, 0.1) is 22.9 Å². The van der Waals surface area contributed by atoms with Crippen LogP contribution in [0.4, 0.5) is 11.4 Å². The van der Waals surface area contributed by atoms with E-state index in [1.165, 1.54) is 12.1 Å². The fourth-order valence-corrected chi connectivity index (χ4v) is 1.69. The van der Waals surface area contributed by atoms with Crippen LogP contribution < -0.4 is 16.8 Å². The number of carboxylic acid groups (broad SMARTS) is 1. The first-order valence-electron chi connectivity index (χ1n) is 5.34. The summed E-state index contributed by atoms with van der Waals surface area (Å²) in [4.78, 5) is 21.5. The van der Waals surface area contributed by atoms with Crippen LogP contribution in [-0.2, 0) is 9.53 Å². The van der Waals surface area contributed by atoms with Gasteiger partial charge in [-0.3, -0.25) is 4.79 Å². The molecular weight excluding hydrogens is 274 g/mol. The van der Waals surface area contributed by atoms with Crippen molar-refractivity contribution in [3.63, 3.8) is 0 Å². The maximum atomic E-state index is 11.1. The van der Waals surface area contributed by atoms with Gasteiger partial charge < -0.3 is 26.6 Å². The SMILES string of the molecule is NC(=O)COCCNc1c(Cl)cc(N)cc1C(=O)O. The first-order chi connectivity index (χ1) is 8.91. The summed E-state index contributed by atoms with van der Waals surface area (Å²) in [6.45, 7) is 0.267. The number of nitrogens with two attached hydrogens (primary N) is 2. The van der Waals surface area contributed by atoms with Crippen molar-refractivity contribution >= 4 is 34.9 Å². The lowest BCUT2D eigenvalue weighted by atomic mass is 10.1. The fraction of sp³-hybridized carbons (Fsp3) is 0.273. The van der Waals surface area contributed by atoms with Crippen LogP contribution in [0.2, 0.25) is 5.02 Å². The number of aromatic carboxylic acids is 1. The van der Waals surface area contributed by atoms with Gasteiger partial charge in [-0.25, -0.2) is 4.79 Å². The molecule has 1 aromatic rings. The van der Waals surface area contributed by atoms with E-state index < -0.39 is 11.9 Å². The third-order valence-corrected chi connectivity index (χ3v) is 2.43. The molecule has 1 aromatic carbocycles. The van der Waals surface area contributed by atoms with Gasteiger partial charge in [0, 0.05) is 12.2 Å². The molecule has 8 heteroatoms. The summed E-state index contributed by atoms with van der Waals surface area (Å²) < 4.78 is 4.93. The Labute approximate surface area is 114 Å². The van der Waals surface area contributed by atoms with Crippen molar-refractivity contribution in [1.29, 1.82) is 0 Å². The fourth-order valence-electron chi connectivity index (χ4n) is 1.40. The Morgan fingerprint density at radius 3 is 2.68 bits per heavy atom. The van der Waals surface area contributed by atoms with Crippen LogP contribution in [0.15, 0.2) is 12.1 Å². The molecule has 1 rings (SSSR count). The average Bonchev–Trinajstić information content (AvgIpc) is 2.29. The second-order valence-corrected chi connectivity index (χ2v) is 4.08. The van der Waals surface area contributed by atoms with Crippen molar-refractivity contribution in [3.8, 4) is 0 Å². The van der Waals surface area contributed by atoms with Crippen LogP contribution in [0.25, 0.3) is 0 Å². The molecule has 0 saturated heterocycles. The number of hydrogen-bond acceptors (Lipinski definition) is 5. The minimum Gasteiger partial charge on any atom is -0.478 e. The second-order valence-electron chi connectivity index (χ2n) is 3.68. The van der Waals surface area contributed by atoms with Gasteiger partial charge in [0.2, 0.25) is 5.91 Å². The summed E-state index contributed by atoms with van der Waals surface area (Å²) in [6, 6.07) is 2.75. The Morgan fingerprint density at radius 1 is 1.42 bits per heavy atom. The molecule has 0 radical (unpaired) electrons. The number of halogens is 1. The number of nitrogens with one attached hydrogen (secondary N) is 1. The van der Waals surface area contributed by atoms with E-state index in [9.17, 15) is 9.59 Å². The zero-order valence-corrected chi connectivity index (χ0v) is 10.7. The van der Waals surface area contributed by atoms with E-state index in [4.69, 9.17) is 32.9 Å². The maximum absolute atomic E-state index is 11.1. The highest BCUT2D eigenvalue weighted by Gasteiger charge is 2.14. The van der Waals surface area contributed by atoms with Crippen LogP contribution in [0.1, 0.15) is 10.4 Å². The number of anilines is 2. The third kappa shape index (κ3) is 4.65. The number of hydrogen-bond donors (Lipinski definition) is 4. The lowest BCUT2D eigenvalue weighted by Crippen LogP contribution is -2.21. The average molecular weight is 288 g/mol. The number of carbonyl (C=O) groups excluding carboxylic acids is 1. The van der Waals surface area contributed by atoms with Gasteiger partial charge in [-0.15, -0.1) is 0 Å². The molecule has 1 amide bonds. The molecule has 0 aliphatic carbocycles. The molecule has 19 heavy (non-hydrogen) atoms. The van der Waals surface area contributed by atoms with Gasteiger partial charge in [-0.05, 0) is 12.1 Å². The maximum Gasteiger partial charge on any atom is 0.337 e. The molecule has 6 N–H and O–H groups in total. The number of rotatable bonds is 7. The molecule has 0 unspecified atom stereocenters. The van der Waals surface area contributed by atoms with Crippen LogP contribution in [-0.4, -0.2) is 36.7 Å².